The largest absolute Gasteiger partial charge is 0.504 e. The van der Waals surface area contributed by atoms with Crippen LogP contribution in [0.4, 0.5) is 41.9 Å². The van der Waals surface area contributed by atoms with Crippen molar-refractivity contribution in [2.24, 2.45) is 11.8 Å². The maximum Gasteiger partial charge on any atom is 0.412 e. The average Bonchev–Trinajstić information content (AvgIpc) is 3.81. The van der Waals surface area contributed by atoms with Crippen LogP contribution in [-0.2, 0) is 27.1 Å². The molecule has 346 valence electrons. The Labute approximate surface area is 383 Å². The Bertz CT molecular complexity index is 2120. The molecule has 4 aromatic rings. The zero-order valence-corrected chi connectivity index (χ0v) is 37.9. The van der Waals surface area contributed by atoms with Crippen LogP contribution in [0.1, 0.15) is 70.9 Å². The maximum atomic E-state index is 12.1. The number of ether oxygens (including phenoxy) is 2. The quantitative estimate of drug-likeness (QED) is 0.0404. The summed E-state index contributed by atoms with van der Waals surface area (Å²) in [5.74, 6) is -1.07. The Balaban J connectivity index is 0.000000289. The van der Waals surface area contributed by atoms with Crippen LogP contribution in [-0.4, -0.2) is 71.3 Å². The molecular weight excluding hydrogens is 867 g/mol. The smallest absolute Gasteiger partial charge is 0.412 e. The van der Waals surface area contributed by atoms with Crippen molar-refractivity contribution in [2.75, 3.05) is 41.0 Å². The molecule has 0 saturated heterocycles. The number of aliphatic carboxylic acids is 1. The van der Waals surface area contributed by atoms with Gasteiger partial charge in [-0.3, -0.25) is 15.4 Å². The van der Waals surface area contributed by atoms with Crippen LogP contribution in [0, 0.1) is 11.8 Å². The van der Waals surface area contributed by atoms with Gasteiger partial charge in [-0.25, -0.2) is 19.2 Å². The van der Waals surface area contributed by atoms with Crippen molar-refractivity contribution in [2.45, 2.75) is 78.7 Å². The highest BCUT2D eigenvalue weighted by Crippen LogP contribution is 2.36. The summed E-state index contributed by atoms with van der Waals surface area (Å²) in [5, 5.41) is 44.0. The minimum Gasteiger partial charge on any atom is -0.504 e. The molecule has 4 aromatic carbocycles. The lowest BCUT2D eigenvalue weighted by atomic mass is 10.1. The summed E-state index contributed by atoms with van der Waals surface area (Å²) in [6.45, 7) is 8.59. The molecule has 0 heterocycles. The van der Waals surface area contributed by atoms with Gasteiger partial charge < -0.3 is 46.1 Å². The molecule has 16 nitrogen and oxygen atoms in total. The molecule has 5 rings (SSSR count). The molecule has 6 amide bonds. The van der Waals surface area contributed by atoms with E-state index >= 15 is 0 Å². The topological polar surface area (TPSA) is 237 Å². The monoisotopic (exact) mass is 924 g/mol. The fourth-order valence-electron chi connectivity index (χ4n) is 5.78. The summed E-state index contributed by atoms with van der Waals surface area (Å²) in [6.07, 6.45) is 4.35. The van der Waals surface area contributed by atoms with E-state index in [1.165, 1.54) is 24.3 Å². The van der Waals surface area contributed by atoms with Gasteiger partial charge in [0.05, 0.1) is 33.9 Å². The van der Waals surface area contributed by atoms with Crippen molar-refractivity contribution in [3.63, 3.8) is 0 Å². The third kappa shape index (κ3) is 19.8. The molecule has 0 bridgehead atoms. The first-order chi connectivity index (χ1) is 30.5. The van der Waals surface area contributed by atoms with Gasteiger partial charge in [-0.1, -0.05) is 117 Å². The molecule has 1 aliphatic carbocycles. The number of nitrogens with one attached hydrogen (secondary N) is 6. The summed E-state index contributed by atoms with van der Waals surface area (Å²) in [6, 6.07) is 24.3. The average molecular weight is 926 g/mol. The maximum absolute atomic E-state index is 12.1. The van der Waals surface area contributed by atoms with E-state index in [2.05, 4.69) is 31.9 Å². The number of phenolic OH excluding ortho intramolecular Hbond substituents is 2. The number of hydrogen-bond donors (Lipinski definition) is 9. The van der Waals surface area contributed by atoms with Gasteiger partial charge in [0.2, 0.25) is 0 Å². The van der Waals surface area contributed by atoms with E-state index in [-0.39, 0.29) is 57.5 Å². The lowest BCUT2D eigenvalue weighted by molar-refractivity contribution is -0.141. The van der Waals surface area contributed by atoms with Gasteiger partial charge in [-0.2, -0.15) is 0 Å². The van der Waals surface area contributed by atoms with E-state index in [1.54, 1.807) is 6.92 Å². The summed E-state index contributed by atoms with van der Waals surface area (Å²) < 4.78 is 10.1. The zero-order chi connectivity index (χ0) is 47.0. The number of aromatic hydroxyl groups is 2. The van der Waals surface area contributed by atoms with E-state index in [0.717, 1.165) is 36.8 Å². The number of urea groups is 2. The first-order valence-electron chi connectivity index (χ1n) is 20.9. The van der Waals surface area contributed by atoms with Crippen molar-refractivity contribution < 1.29 is 48.8 Å². The SMILES string of the molecule is CC(C)COC(=O)Nc1cc(NC(=O)NCCc2ccccc2)cc(Cl)c1O.CCC(C)OC(=O)Nc1cc(NC(=O)NCCc2ccccc2)cc(Cl)c1O.O=C(O)C1CCCC1. The Morgan fingerprint density at radius 1 is 0.672 bits per heavy atom. The van der Waals surface area contributed by atoms with Crippen molar-refractivity contribution in [3.05, 3.63) is 106 Å². The number of hydrogen-bond acceptors (Lipinski definition) is 9. The second kappa shape index (κ2) is 27.6. The number of carboxylic acids is 1. The predicted molar refractivity (Wildman–Crippen MR) is 250 cm³/mol. The van der Waals surface area contributed by atoms with Crippen molar-refractivity contribution >= 4 is 76.2 Å². The van der Waals surface area contributed by atoms with E-state index < -0.39 is 30.2 Å². The van der Waals surface area contributed by atoms with Crippen LogP contribution in [0.15, 0.2) is 84.9 Å². The molecule has 1 unspecified atom stereocenters. The minimum absolute atomic E-state index is 0.0127. The summed E-state index contributed by atoms with van der Waals surface area (Å²) in [7, 11) is 0. The Morgan fingerprint density at radius 3 is 1.50 bits per heavy atom. The summed E-state index contributed by atoms with van der Waals surface area (Å²) >= 11 is 12.0. The Morgan fingerprint density at radius 2 is 1.11 bits per heavy atom. The first kappa shape index (κ1) is 52.0. The normalized spacial score (nSPS) is 12.2. The number of carbonyl (C=O) groups is 5. The molecular formula is C46H58Cl2N6O10. The second-order valence-corrected chi connectivity index (χ2v) is 15.9. The highest BCUT2D eigenvalue weighted by Gasteiger charge is 2.21. The number of halogens is 2. The fraction of sp³-hybridized carbons (Fsp3) is 0.370. The van der Waals surface area contributed by atoms with E-state index in [0.29, 0.717) is 43.7 Å². The molecule has 0 aromatic heterocycles. The molecule has 0 radical (unpaired) electrons. The van der Waals surface area contributed by atoms with Gasteiger partial charge in [0.1, 0.15) is 6.10 Å². The molecule has 0 aliphatic heterocycles. The molecule has 1 saturated carbocycles. The lowest BCUT2D eigenvalue weighted by Crippen LogP contribution is -2.30. The van der Waals surface area contributed by atoms with Crippen molar-refractivity contribution in [1.82, 2.24) is 10.6 Å². The number of rotatable bonds is 15. The molecule has 1 atom stereocenters. The van der Waals surface area contributed by atoms with Crippen LogP contribution in [0.3, 0.4) is 0 Å². The number of amides is 6. The van der Waals surface area contributed by atoms with Gasteiger partial charge in [-0.15, -0.1) is 0 Å². The molecule has 64 heavy (non-hydrogen) atoms. The molecule has 1 aliphatic rings. The highest BCUT2D eigenvalue weighted by atomic mass is 35.5. The summed E-state index contributed by atoms with van der Waals surface area (Å²) in [4.78, 5) is 58.0. The standard InChI is InChI=1S/2C20H24ClN3O4.C6H10O2/c1-13(2)12-28-20(27)24-17-11-15(10-16(21)18(17)25)23-19(26)22-9-8-14-6-4-3-5-7-14;1-3-13(2)28-20(27)24-17-12-15(11-16(21)18(17)25)23-19(26)22-10-9-14-7-5-4-6-8-14;7-6(8)5-3-1-2-4-5/h3-7,10-11,13,25H,8-9,12H2,1-2H3,(H,24,27)(H2,22,23,26);4-8,11-13,25H,3,9-10H2,1-2H3,(H,24,27)(H2,22,23,26);5H,1-4H2,(H,7,8). The van der Waals surface area contributed by atoms with Crippen molar-refractivity contribution in [3.8, 4) is 11.5 Å². The number of phenols is 2. The van der Waals surface area contributed by atoms with Crippen LogP contribution < -0.4 is 31.9 Å². The molecule has 18 heteroatoms. The first-order valence-corrected chi connectivity index (χ1v) is 21.7. The van der Waals surface area contributed by atoms with E-state index in [9.17, 15) is 34.2 Å². The number of anilines is 4. The van der Waals surface area contributed by atoms with Gasteiger partial charge in [0.25, 0.3) is 0 Å². The summed E-state index contributed by atoms with van der Waals surface area (Å²) in [5.41, 5.74) is 2.95. The lowest BCUT2D eigenvalue weighted by Gasteiger charge is -2.15. The zero-order valence-electron chi connectivity index (χ0n) is 36.3. The van der Waals surface area contributed by atoms with Crippen LogP contribution in [0.2, 0.25) is 10.0 Å². The van der Waals surface area contributed by atoms with Crippen molar-refractivity contribution in [1.29, 1.82) is 0 Å². The Hall–Kier alpha value is -6.39. The van der Waals surface area contributed by atoms with Crippen LogP contribution in [0.5, 0.6) is 11.5 Å². The number of carbonyl (C=O) groups excluding carboxylic acids is 4. The van der Waals surface area contributed by atoms with Gasteiger partial charge >= 0.3 is 30.2 Å². The van der Waals surface area contributed by atoms with Crippen LogP contribution in [0.25, 0.3) is 0 Å². The number of benzene rings is 4. The fourth-order valence-corrected chi connectivity index (χ4v) is 6.22. The third-order valence-electron chi connectivity index (χ3n) is 9.34. The van der Waals surface area contributed by atoms with E-state index in [1.807, 2.05) is 81.4 Å². The highest BCUT2D eigenvalue weighted by molar-refractivity contribution is 6.33. The van der Waals surface area contributed by atoms with Gasteiger partial charge in [0, 0.05) is 24.5 Å². The number of carboxylic acid groups (broad SMARTS) is 1. The predicted octanol–water partition coefficient (Wildman–Crippen LogP) is 10.6. The minimum atomic E-state index is -0.718. The molecule has 1 fully saturated rings. The molecule has 0 spiro atoms. The second-order valence-electron chi connectivity index (χ2n) is 15.1. The third-order valence-corrected chi connectivity index (χ3v) is 9.91. The van der Waals surface area contributed by atoms with Crippen LogP contribution >= 0.6 is 23.2 Å². The van der Waals surface area contributed by atoms with Gasteiger partial charge in [-0.05, 0) is 80.3 Å². The Kier molecular flexibility index (Phi) is 22.4. The molecule has 9 N–H and O–H groups in total. The van der Waals surface area contributed by atoms with Gasteiger partial charge in [0.15, 0.2) is 11.5 Å². The van der Waals surface area contributed by atoms with E-state index in [4.69, 9.17) is 37.8 Å².